The molecule has 1 N–H and O–H groups in total. The highest BCUT2D eigenvalue weighted by Gasteiger charge is 2.28. The van der Waals surface area contributed by atoms with Gasteiger partial charge >= 0.3 is 6.03 Å². The largest absolute Gasteiger partial charge is 0.373 e. The molecule has 0 spiro atoms. The highest BCUT2D eigenvalue weighted by atomic mass is 16.5. The van der Waals surface area contributed by atoms with Crippen molar-refractivity contribution in [1.29, 1.82) is 0 Å². The Balaban J connectivity index is 1.46. The van der Waals surface area contributed by atoms with Crippen LogP contribution >= 0.6 is 0 Å². The Kier molecular flexibility index (Phi) is 5.53. The van der Waals surface area contributed by atoms with Crippen molar-refractivity contribution in [1.82, 2.24) is 20.4 Å². The molecule has 134 valence electrons. The first kappa shape index (κ1) is 17.3. The second kappa shape index (κ2) is 8.00. The van der Waals surface area contributed by atoms with Crippen LogP contribution in [0.15, 0.2) is 34.9 Å². The number of benzene rings is 1. The first-order valence-corrected chi connectivity index (χ1v) is 8.72. The van der Waals surface area contributed by atoms with Crippen molar-refractivity contribution in [3.8, 4) is 0 Å². The topological polar surface area (TPSA) is 74.5 Å². The SMILES string of the molecule is Cc1noc([C@@H]2CCCN(C(=O)NCCN(C)c3ccccc3)C2)n1. The number of hydrogen-bond donors (Lipinski definition) is 1. The fourth-order valence-electron chi connectivity index (χ4n) is 3.10. The number of urea groups is 1. The lowest BCUT2D eigenvalue weighted by molar-refractivity contribution is 0.172. The molecule has 7 nitrogen and oxygen atoms in total. The van der Waals surface area contributed by atoms with Crippen LogP contribution in [0.4, 0.5) is 10.5 Å². The third-order valence-electron chi connectivity index (χ3n) is 4.52. The number of anilines is 1. The van der Waals surface area contributed by atoms with Gasteiger partial charge in [-0.3, -0.25) is 0 Å². The number of carbonyl (C=O) groups is 1. The van der Waals surface area contributed by atoms with E-state index in [1.54, 1.807) is 0 Å². The molecule has 1 aromatic carbocycles. The third kappa shape index (κ3) is 4.49. The van der Waals surface area contributed by atoms with E-state index in [9.17, 15) is 4.79 Å². The lowest BCUT2D eigenvalue weighted by Crippen LogP contribution is -2.46. The number of aryl methyl sites for hydroxylation is 1. The number of carbonyl (C=O) groups excluding carboxylic acids is 1. The maximum absolute atomic E-state index is 12.4. The van der Waals surface area contributed by atoms with E-state index in [-0.39, 0.29) is 11.9 Å². The number of hydrogen-bond acceptors (Lipinski definition) is 5. The van der Waals surface area contributed by atoms with Gasteiger partial charge in [0.15, 0.2) is 5.82 Å². The maximum Gasteiger partial charge on any atom is 0.317 e. The van der Waals surface area contributed by atoms with Gasteiger partial charge in [-0.2, -0.15) is 4.98 Å². The van der Waals surface area contributed by atoms with Gasteiger partial charge in [-0.15, -0.1) is 0 Å². The summed E-state index contributed by atoms with van der Waals surface area (Å²) in [5.74, 6) is 1.41. The molecule has 1 aliphatic rings. The quantitative estimate of drug-likeness (QED) is 0.902. The minimum atomic E-state index is -0.0256. The maximum atomic E-state index is 12.4. The van der Waals surface area contributed by atoms with Crippen molar-refractivity contribution < 1.29 is 9.32 Å². The molecule has 0 radical (unpaired) electrons. The second-order valence-electron chi connectivity index (χ2n) is 6.45. The van der Waals surface area contributed by atoms with Crippen molar-refractivity contribution in [3.63, 3.8) is 0 Å². The van der Waals surface area contributed by atoms with E-state index in [2.05, 4.69) is 32.5 Å². The Labute approximate surface area is 148 Å². The lowest BCUT2D eigenvalue weighted by atomic mass is 9.98. The standard InChI is InChI=1S/C18H25N5O2/c1-14-20-17(25-21-14)15-7-6-11-23(13-15)18(24)19-10-12-22(2)16-8-4-3-5-9-16/h3-5,8-9,15H,6-7,10-13H2,1-2H3,(H,19,24)/t15-/m1/s1. The number of piperidine rings is 1. The van der Waals surface area contributed by atoms with Crippen molar-refractivity contribution in [2.45, 2.75) is 25.7 Å². The highest BCUT2D eigenvalue weighted by Crippen LogP contribution is 2.25. The van der Waals surface area contributed by atoms with Crippen LogP contribution in [0.1, 0.15) is 30.5 Å². The van der Waals surface area contributed by atoms with Gasteiger partial charge in [-0.1, -0.05) is 23.4 Å². The summed E-state index contributed by atoms with van der Waals surface area (Å²) in [6, 6.07) is 10.1. The van der Waals surface area contributed by atoms with Gasteiger partial charge in [0.25, 0.3) is 0 Å². The summed E-state index contributed by atoms with van der Waals surface area (Å²) < 4.78 is 5.27. The average molecular weight is 343 g/mol. The van der Waals surface area contributed by atoms with Crippen molar-refractivity contribution in [2.75, 3.05) is 38.1 Å². The number of amides is 2. The van der Waals surface area contributed by atoms with Crippen LogP contribution in [0.3, 0.4) is 0 Å². The lowest BCUT2D eigenvalue weighted by Gasteiger charge is -2.31. The Morgan fingerprint density at radius 3 is 2.92 bits per heavy atom. The van der Waals surface area contributed by atoms with Crippen LogP contribution in [0, 0.1) is 6.92 Å². The molecule has 3 rings (SSSR count). The van der Waals surface area contributed by atoms with E-state index in [1.165, 1.54) is 0 Å². The number of nitrogens with one attached hydrogen (secondary N) is 1. The van der Waals surface area contributed by atoms with E-state index in [0.29, 0.717) is 24.8 Å². The monoisotopic (exact) mass is 343 g/mol. The molecule has 2 aromatic rings. The zero-order valence-corrected chi connectivity index (χ0v) is 14.8. The Bertz CT molecular complexity index is 688. The molecule has 0 aliphatic carbocycles. The molecule has 25 heavy (non-hydrogen) atoms. The highest BCUT2D eigenvalue weighted by molar-refractivity contribution is 5.74. The van der Waals surface area contributed by atoms with E-state index in [0.717, 1.165) is 31.6 Å². The average Bonchev–Trinajstić information content (AvgIpc) is 3.09. The zero-order chi connectivity index (χ0) is 17.6. The van der Waals surface area contributed by atoms with Crippen LogP contribution in [-0.4, -0.2) is 54.3 Å². The molecule has 1 aromatic heterocycles. The third-order valence-corrected chi connectivity index (χ3v) is 4.52. The predicted octanol–water partition coefficient (Wildman–Crippen LogP) is 2.40. The van der Waals surface area contributed by atoms with Crippen molar-refractivity contribution in [2.24, 2.45) is 0 Å². The fourth-order valence-corrected chi connectivity index (χ4v) is 3.10. The molecule has 2 amide bonds. The van der Waals surface area contributed by atoms with Crippen molar-refractivity contribution in [3.05, 3.63) is 42.0 Å². The summed E-state index contributed by atoms with van der Waals surface area (Å²) in [6.07, 6.45) is 1.92. The van der Waals surface area contributed by atoms with Crippen LogP contribution in [0.2, 0.25) is 0 Å². The minimum Gasteiger partial charge on any atom is -0.373 e. The molecular weight excluding hydrogens is 318 g/mol. The number of likely N-dealkylation sites (N-methyl/N-ethyl adjacent to an activating group) is 1. The molecule has 1 aliphatic heterocycles. The molecule has 7 heteroatoms. The van der Waals surface area contributed by atoms with Crippen LogP contribution in [0.5, 0.6) is 0 Å². The summed E-state index contributed by atoms with van der Waals surface area (Å²) in [5.41, 5.74) is 1.14. The van der Waals surface area contributed by atoms with Crippen LogP contribution < -0.4 is 10.2 Å². The first-order chi connectivity index (χ1) is 12.1. The van der Waals surface area contributed by atoms with Crippen molar-refractivity contribution >= 4 is 11.7 Å². The van der Waals surface area contributed by atoms with E-state index in [1.807, 2.05) is 37.1 Å². The number of nitrogens with zero attached hydrogens (tertiary/aromatic N) is 4. The first-order valence-electron chi connectivity index (χ1n) is 8.72. The molecule has 0 saturated carbocycles. The van der Waals surface area contributed by atoms with E-state index < -0.39 is 0 Å². The molecule has 0 bridgehead atoms. The summed E-state index contributed by atoms with van der Waals surface area (Å²) in [6.45, 7) is 4.57. The van der Waals surface area contributed by atoms with Gasteiger partial charge < -0.3 is 19.6 Å². The van der Waals surface area contributed by atoms with Crippen LogP contribution in [0.25, 0.3) is 0 Å². The molecule has 2 heterocycles. The Morgan fingerprint density at radius 2 is 2.20 bits per heavy atom. The zero-order valence-electron chi connectivity index (χ0n) is 14.8. The Hall–Kier alpha value is -2.57. The Morgan fingerprint density at radius 1 is 1.40 bits per heavy atom. The predicted molar refractivity (Wildman–Crippen MR) is 95.7 cm³/mol. The van der Waals surface area contributed by atoms with Gasteiger partial charge in [0.1, 0.15) is 0 Å². The number of aromatic nitrogens is 2. The number of para-hydroxylation sites is 1. The van der Waals surface area contributed by atoms with Crippen LogP contribution in [-0.2, 0) is 0 Å². The summed E-state index contributed by atoms with van der Waals surface area (Å²) in [5, 5.41) is 6.86. The van der Waals surface area contributed by atoms with E-state index in [4.69, 9.17) is 4.52 Å². The summed E-state index contributed by atoms with van der Waals surface area (Å²) in [4.78, 5) is 20.7. The smallest absolute Gasteiger partial charge is 0.317 e. The fraction of sp³-hybridized carbons (Fsp3) is 0.500. The molecule has 1 atom stereocenters. The van der Waals surface area contributed by atoms with Gasteiger partial charge in [0.2, 0.25) is 5.89 Å². The van der Waals surface area contributed by atoms with Gasteiger partial charge in [0, 0.05) is 38.9 Å². The normalized spacial score (nSPS) is 17.4. The van der Waals surface area contributed by atoms with Gasteiger partial charge in [-0.05, 0) is 31.9 Å². The summed E-state index contributed by atoms with van der Waals surface area (Å²) in [7, 11) is 2.02. The number of rotatable bonds is 5. The second-order valence-corrected chi connectivity index (χ2v) is 6.45. The molecule has 1 fully saturated rings. The molecule has 0 unspecified atom stereocenters. The van der Waals surface area contributed by atoms with Gasteiger partial charge in [-0.25, -0.2) is 4.79 Å². The van der Waals surface area contributed by atoms with E-state index >= 15 is 0 Å². The summed E-state index contributed by atoms with van der Waals surface area (Å²) >= 11 is 0. The minimum absolute atomic E-state index is 0.0256. The molecule has 1 saturated heterocycles. The molecular formula is C18H25N5O2. The van der Waals surface area contributed by atoms with Gasteiger partial charge in [0.05, 0.1) is 5.92 Å². The number of likely N-dealkylation sites (tertiary alicyclic amines) is 1.